The molecule has 0 aromatic heterocycles. The molecule has 0 spiro atoms. The van der Waals surface area contributed by atoms with E-state index in [-0.39, 0.29) is 23.1 Å². The lowest BCUT2D eigenvalue weighted by Crippen LogP contribution is -2.17. The molecule has 0 radical (unpaired) electrons. The fraction of sp³-hybridized carbons (Fsp3) is 0.240. The van der Waals surface area contributed by atoms with Gasteiger partial charge in [-0.05, 0) is 88.4 Å². The highest BCUT2D eigenvalue weighted by atomic mass is 32.2. The van der Waals surface area contributed by atoms with Crippen LogP contribution in [0.25, 0.3) is 0 Å². The van der Waals surface area contributed by atoms with Crippen LogP contribution in [-0.4, -0.2) is 23.5 Å². The zero-order valence-electron chi connectivity index (χ0n) is 18.1. The molecule has 0 unspecified atom stereocenters. The first-order chi connectivity index (χ1) is 14.8. The third-order valence-corrected chi connectivity index (χ3v) is 6.07. The molecule has 0 aliphatic heterocycles. The van der Waals surface area contributed by atoms with Crippen molar-refractivity contribution in [3.05, 3.63) is 78.9 Å². The van der Waals surface area contributed by atoms with E-state index in [9.17, 15) is 0 Å². The van der Waals surface area contributed by atoms with Crippen LogP contribution in [0.5, 0.6) is 11.5 Å². The summed E-state index contributed by atoms with van der Waals surface area (Å²) in [5.41, 5.74) is 0. The molecule has 5 nitrogen and oxygen atoms in total. The largest absolute Gasteiger partial charge is 0.565 e. The number of carboxylic acid groups (broad SMARTS) is 2. The van der Waals surface area contributed by atoms with Gasteiger partial charge < -0.3 is 24.5 Å². The van der Waals surface area contributed by atoms with Crippen LogP contribution in [-0.2, 0) is 10.9 Å². The van der Waals surface area contributed by atoms with Gasteiger partial charge in [-0.2, -0.15) is 0 Å². The minimum Gasteiger partial charge on any atom is -0.565 e. The van der Waals surface area contributed by atoms with Gasteiger partial charge in [-0.25, -0.2) is 0 Å². The Labute approximate surface area is 186 Å². The molecule has 0 bridgehead atoms. The fourth-order valence-electron chi connectivity index (χ4n) is 2.82. The molecule has 3 aromatic rings. The van der Waals surface area contributed by atoms with Gasteiger partial charge in [-0.3, -0.25) is 0 Å². The summed E-state index contributed by atoms with van der Waals surface area (Å²) in [6.07, 6.45) is -1.73. The molecule has 164 valence electrons. The summed E-state index contributed by atoms with van der Waals surface area (Å²) in [5, 5.41) is 15.3. The monoisotopic (exact) mass is 440 g/mol. The lowest BCUT2D eigenvalue weighted by Gasteiger charge is -2.12. The highest BCUT2D eigenvalue weighted by Gasteiger charge is 2.28. The maximum absolute atomic E-state index is 8.44. The first-order valence-corrected chi connectivity index (χ1v) is 11.2. The summed E-state index contributed by atoms with van der Waals surface area (Å²) in [5.74, 6) is 1.82. The van der Waals surface area contributed by atoms with Crippen molar-refractivity contribution in [2.45, 2.75) is 54.6 Å². The minimum absolute atomic E-state index is 0.168. The molecule has 3 rings (SSSR count). The number of hydrogen-bond donors (Lipinski definition) is 1. The van der Waals surface area contributed by atoms with Crippen molar-refractivity contribution in [1.82, 2.24) is 0 Å². The van der Waals surface area contributed by atoms with E-state index in [1.165, 1.54) is 14.7 Å². The van der Waals surface area contributed by atoms with Crippen molar-refractivity contribution in [3.8, 4) is 11.5 Å². The Morgan fingerprint density at radius 2 is 1.03 bits per heavy atom. The maximum atomic E-state index is 8.44. The van der Waals surface area contributed by atoms with Gasteiger partial charge in [-0.15, -0.1) is 0 Å². The van der Waals surface area contributed by atoms with Crippen LogP contribution in [0.3, 0.4) is 0 Å². The molecule has 0 aliphatic rings. The Hall–Kier alpha value is -3.12. The van der Waals surface area contributed by atoms with E-state index in [0.29, 0.717) is 0 Å². The maximum Gasteiger partial charge on any atom is 0.249 e. The third-order valence-electron chi connectivity index (χ3n) is 3.84. The summed E-state index contributed by atoms with van der Waals surface area (Å²) in [6, 6.07) is 27.6. The molecule has 0 aliphatic carbocycles. The zero-order valence-corrected chi connectivity index (χ0v) is 19.0. The van der Waals surface area contributed by atoms with E-state index in [0.717, 1.165) is 11.5 Å². The van der Waals surface area contributed by atoms with Crippen LogP contribution in [0, 0.1) is 0 Å². The minimum atomic E-state index is -2.08. The molecule has 31 heavy (non-hydrogen) atoms. The van der Waals surface area contributed by atoms with Gasteiger partial charge in [0, 0.05) is 0 Å². The average molecular weight is 441 g/mol. The predicted molar refractivity (Wildman–Crippen MR) is 121 cm³/mol. The molecule has 3 aromatic carbocycles. The van der Waals surface area contributed by atoms with Crippen molar-refractivity contribution in [1.29, 1.82) is 0 Å². The summed E-state index contributed by atoms with van der Waals surface area (Å²) in [7, 11) is -0.168. The molecule has 0 heterocycles. The standard InChI is InChI=1S/C24H27O2S.CH2O3/c1-18(2)25-20-10-14-23(15-11-20)27(22-8-6-5-7-9-22)24-16-12-21(13-17-24)26-19(3)4;2-1(3)4/h5-19H,1-4H3;(H2,2,3,4)/q+1;/p-1. The molecular formula is C25H28O5S. The molecule has 0 atom stereocenters. The van der Waals surface area contributed by atoms with Crippen molar-refractivity contribution < 1.29 is 24.5 Å². The van der Waals surface area contributed by atoms with E-state index in [2.05, 4.69) is 78.9 Å². The van der Waals surface area contributed by atoms with Gasteiger partial charge in [-0.1, -0.05) is 18.2 Å². The van der Waals surface area contributed by atoms with Crippen molar-refractivity contribution in [2.75, 3.05) is 0 Å². The smallest absolute Gasteiger partial charge is 0.249 e. The fourth-order valence-corrected chi connectivity index (χ4v) is 4.88. The van der Waals surface area contributed by atoms with Crippen molar-refractivity contribution in [2.24, 2.45) is 0 Å². The van der Waals surface area contributed by atoms with Crippen LogP contribution in [0.15, 0.2) is 93.5 Å². The van der Waals surface area contributed by atoms with Gasteiger partial charge in [0.15, 0.2) is 14.7 Å². The molecule has 0 amide bonds. The van der Waals surface area contributed by atoms with Gasteiger partial charge in [0.25, 0.3) is 0 Å². The van der Waals surface area contributed by atoms with Gasteiger partial charge in [0.1, 0.15) is 11.5 Å². The zero-order chi connectivity index (χ0) is 22.8. The van der Waals surface area contributed by atoms with Crippen LogP contribution in [0.2, 0.25) is 0 Å². The lowest BCUT2D eigenvalue weighted by molar-refractivity contribution is -0.275. The van der Waals surface area contributed by atoms with Crippen molar-refractivity contribution >= 4 is 17.1 Å². The second-order valence-corrected chi connectivity index (χ2v) is 9.19. The Kier molecular flexibility index (Phi) is 9.28. The van der Waals surface area contributed by atoms with E-state index in [1.807, 2.05) is 27.7 Å². The number of benzene rings is 3. The molecule has 6 heteroatoms. The quantitative estimate of drug-likeness (QED) is 0.508. The van der Waals surface area contributed by atoms with Crippen LogP contribution >= 0.6 is 0 Å². The van der Waals surface area contributed by atoms with Crippen LogP contribution < -0.4 is 14.6 Å². The Balaban J connectivity index is 0.000000785. The normalized spacial score (nSPS) is 10.5. The number of rotatable bonds is 7. The highest BCUT2D eigenvalue weighted by Crippen LogP contribution is 2.33. The van der Waals surface area contributed by atoms with E-state index >= 15 is 0 Å². The van der Waals surface area contributed by atoms with E-state index in [4.69, 9.17) is 24.5 Å². The lowest BCUT2D eigenvalue weighted by atomic mass is 10.3. The Morgan fingerprint density at radius 1 is 0.710 bits per heavy atom. The van der Waals surface area contributed by atoms with Gasteiger partial charge in [0.05, 0.1) is 23.1 Å². The Bertz CT molecular complexity index is 865. The van der Waals surface area contributed by atoms with Crippen LogP contribution in [0.1, 0.15) is 27.7 Å². The molecule has 1 N–H and O–H groups in total. The third kappa shape index (κ3) is 8.26. The number of carbonyl (C=O) groups is 1. The number of hydrogen-bond acceptors (Lipinski definition) is 4. The SMILES string of the molecule is CC(C)Oc1ccc([S+](c2ccccc2)c2ccc(OC(C)C)cc2)cc1.O=C([O-])O. The number of ether oxygens (including phenoxy) is 2. The first kappa shape index (κ1) is 24.2. The summed E-state index contributed by atoms with van der Waals surface area (Å²) in [6.45, 7) is 8.18. The summed E-state index contributed by atoms with van der Waals surface area (Å²) in [4.78, 5) is 12.3. The van der Waals surface area contributed by atoms with Gasteiger partial charge in [0.2, 0.25) is 6.16 Å². The van der Waals surface area contributed by atoms with Crippen molar-refractivity contribution in [3.63, 3.8) is 0 Å². The average Bonchev–Trinajstić information content (AvgIpc) is 2.70. The van der Waals surface area contributed by atoms with Gasteiger partial charge >= 0.3 is 0 Å². The highest BCUT2D eigenvalue weighted by molar-refractivity contribution is 7.97. The second kappa shape index (κ2) is 11.9. The van der Waals surface area contributed by atoms with Crippen LogP contribution in [0.4, 0.5) is 4.79 Å². The van der Waals surface area contributed by atoms with E-state index in [1.54, 1.807) is 0 Å². The second-order valence-electron chi connectivity index (χ2n) is 7.16. The molecule has 0 saturated heterocycles. The molecular weight excluding hydrogens is 412 g/mol. The summed E-state index contributed by atoms with van der Waals surface area (Å²) < 4.78 is 11.6. The molecule has 0 saturated carbocycles. The predicted octanol–water partition coefficient (Wildman–Crippen LogP) is 5.24. The topological polar surface area (TPSA) is 78.8 Å². The Morgan fingerprint density at radius 3 is 1.35 bits per heavy atom. The first-order valence-electron chi connectivity index (χ1n) is 9.99. The summed E-state index contributed by atoms with van der Waals surface area (Å²) >= 11 is 0. The molecule has 0 fully saturated rings. The van der Waals surface area contributed by atoms with E-state index < -0.39 is 6.16 Å².